The first-order valence-electron chi connectivity index (χ1n) is 5.21. The van der Waals surface area contributed by atoms with Crippen molar-refractivity contribution in [3.63, 3.8) is 0 Å². The Balaban J connectivity index is 3.19. The number of ether oxygens (including phenoxy) is 1. The molecule has 1 rings (SSSR count). The fourth-order valence-electron chi connectivity index (χ4n) is 1.85. The van der Waals surface area contributed by atoms with Gasteiger partial charge >= 0.3 is 0 Å². The number of ketones is 1. The molecule has 82 valence electrons. The molecule has 2 nitrogen and oxygen atoms in total. The predicted molar refractivity (Wildman–Crippen MR) is 61.5 cm³/mol. The Labute approximate surface area is 91.3 Å². The number of methoxy groups -OCH3 is 1. The number of rotatable bonds is 4. The van der Waals surface area contributed by atoms with E-state index in [9.17, 15) is 4.79 Å². The molecule has 0 amide bonds. The van der Waals surface area contributed by atoms with Crippen molar-refractivity contribution in [2.75, 3.05) is 7.11 Å². The maximum Gasteiger partial charge on any atom is 0.134 e. The molecule has 15 heavy (non-hydrogen) atoms. The average molecular weight is 206 g/mol. The Kier molecular flexibility index (Phi) is 3.89. The second-order valence-electron chi connectivity index (χ2n) is 4.07. The van der Waals surface area contributed by atoms with E-state index < -0.39 is 0 Å². The van der Waals surface area contributed by atoms with E-state index in [1.807, 2.05) is 18.2 Å². The molecule has 0 unspecified atom stereocenters. The van der Waals surface area contributed by atoms with Gasteiger partial charge in [-0.15, -0.1) is 0 Å². The highest BCUT2D eigenvalue weighted by atomic mass is 16.5. The summed E-state index contributed by atoms with van der Waals surface area (Å²) in [6.07, 6.45) is 0.491. The van der Waals surface area contributed by atoms with Crippen molar-refractivity contribution < 1.29 is 9.53 Å². The molecule has 0 aliphatic rings. The maximum absolute atomic E-state index is 11.1. The van der Waals surface area contributed by atoms with Crippen molar-refractivity contribution in [1.82, 2.24) is 0 Å². The Morgan fingerprint density at radius 1 is 1.40 bits per heavy atom. The van der Waals surface area contributed by atoms with E-state index in [-0.39, 0.29) is 5.78 Å². The summed E-state index contributed by atoms with van der Waals surface area (Å²) in [5.74, 6) is 1.43. The summed E-state index contributed by atoms with van der Waals surface area (Å²) in [7, 11) is 1.67. The van der Waals surface area contributed by atoms with Crippen LogP contribution in [0.1, 0.15) is 37.8 Å². The van der Waals surface area contributed by atoms with Crippen LogP contribution >= 0.6 is 0 Å². The van der Waals surface area contributed by atoms with Crippen LogP contribution in [0.4, 0.5) is 0 Å². The van der Waals surface area contributed by atoms with E-state index >= 15 is 0 Å². The van der Waals surface area contributed by atoms with Crippen LogP contribution in [0.3, 0.4) is 0 Å². The van der Waals surface area contributed by atoms with Crippen LogP contribution in [0.2, 0.25) is 0 Å². The molecule has 1 aromatic rings. The SMILES string of the molecule is COc1cccc(CC(C)=O)c1C(C)C. The summed E-state index contributed by atoms with van der Waals surface area (Å²) in [5, 5.41) is 0. The fraction of sp³-hybridized carbons (Fsp3) is 0.462. The molecular formula is C13H18O2. The van der Waals surface area contributed by atoms with Gasteiger partial charge < -0.3 is 4.74 Å². The van der Waals surface area contributed by atoms with Crippen LogP contribution in [-0.2, 0) is 11.2 Å². The number of carbonyl (C=O) groups is 1. The van der Waals surface area contributed by atoms with Crippen molar-refractivity contribution in [2.24, 2.45) is 0 Å². The molecule has 0 heterocycles. The molecule has 0 aliphatic heterocycles. The van der Waals surface area contributed by atoms with Crippen LogP contribution in [0.15, 0.2) is 18.2 Å². The van der Waals surface area contributed by atoms with E-state index in [0.717, 1.165) is 16.9 Å². The van der Waals surface area contributed by atoms with Gasteiger partial charge in [0.1, 0.15) is 11.5 Å². The lowest BCUT2D eigenvalue weighted by molar-refractivity contribution is -0.116. The van der Waals surface area contributed by atoms with Gasteiger partial charge in [-0.2, -0.15) is 0 Å². The lowest BCUT2D eigenvalue weighted by atomic mass is 9.93. The molecule has 0 aliphatic carbocycles. The predicted octanol–water partition coefficient (Wildman–Crippen LogP) is 2.95. The first kappa shape index (κ1) is 11.8. The van der Waals surface area contributed by atoms with Gasteiger partial charge in [-0.05, 0) is 24.5 Å². The Hall–Kier alpha value is -1.31. The number of carbonyl (C=O) groups excluding carboxylic acids is 1. The second-order valence-corrected chi connectivity index (χ2v) is 4.07. The molecular weight excluding hydrogens is 188 g/mol. The summed E-state index contributed by atoms with van der Waals surface area (Å²) in [6.45, 7) is 5.84. The Bertz CT molecular complexity index is 354. The van der Waals surface area contributed by atoms with Gasteiger partial charge in [0.2, 0.25) is 0 Å². The van der Waals surface area contributed by atoms with Gasteiger partial charge in [0.25, 0.3) is 0 Å². The van der Waals surface area contributed by atoms with Crippen LogP contribution in [-0.4, -0.2) is 12.9 Å². The van der Waals surface area contributed by atoms with Crippen LogP contribution < -0.4 is 4.74 Å². The minimum absolute atomic E-state index is 0.185. The zero-order valence-electron chi connectivity index (χ0n) is 9.83. The van der Waals surface area contributed by atoms with Crippen molar-refractivity contribution in [3.05, 3.63) is 29.3 Å². The molecule has 0 radical (unpaired) electrons. The zero-order chi connectivity index (χ0) is 11.4. The lowest BCUT2D eigenvalue weighted by Gasteiger charge is -2.16. The van der Waals surface area contributed by atoms with E-state index in [4.69, 9.17) is 4.74 Å². The van der Waals surface area contributed by atoms with Gasteiger partial charge in [-0.25, -0.2) is 0 Å². The average Bonchev–Trinajstić information content (AvgIpc) is 2.15. The smallest absolute Gasteiger partial charge is 0.134 e. The summed E-state index contributed by atoms with van der Waals surface area (Å²) >= 11 is 0. The lowest BCUT2D eigenvalue weighted by Crippen LogP contribution is -2.04. The van der Waals surface area contributed by atoms with Crippen molar-refractivity contribution in [1.29, 1.82) is 0 Å². The first-order valence-corrected chi connectivity index (χ1v) is 5.21. The minimum Gasteiger partial charge on any atom is -0.496 e. The van der Waals surface area contributed by atoms with Crippen LogP contribution in [0.25, 0.3) is 0 Å². The molecule has 0 aromatic heterocycles. The van der Waals surface area contributed by atoms with E-state index in [0.29, 0.717) is 12.3 Å². The van der Waals surface area contributed by atoms with Gasteiger partial charge in [0.15, 0.2) is 0 Å². The van der Waals surface area contributed by atoms with Gasteiger partial charge in [-0.3, -0.25) is 4.79 Å². The fourth-order valence-corrected chi connectivity index (χ4v) is 1.85. The highest BCUT2D eigenvalue weighted by molar-refractivity contribution is 5.78. The molecule has 1 aromatic carbocycles. The summed E-state index contributed by atoms with van der Waals surface area (Å²) in [4.78, 5) is 11.1. The summed E-state index contributed by atoms with van der Waals surface area (Å²) in [6, 6.07) is 5.88. The maximum atomic E-state index is 11.1. The highest BCUT2D eigenvalue weighted by Gasteiger charge is 2.13. The topological polar surface area (TPSA) is 26.3 Å². The minimum atomic E-state index is 0.185. The molecule has 0 saturated heterocycles. The Morgan fingerprint density at radius 2 is 2.07 bits per heavy atom. The molecule has 0 fully saturated rings. The standard InChI is InChI=1S/C13H18O2/c1-9(2)13-11(8-10(3)14)6-5-7-12(13)15-4/h5-7,9H,8H2,1-4H3. The molecule has 0 bridgehead atoms. The van der Waals surface area contributed by atoms with Crippen molar-refractivity contribution >= 4 is 5.78 Å². The van der Waals surface area contributed by atoms with E-state index in [1.54, 1.807) is 14.0 Å². The number of Topliss-reactive ketones (excluding diaryl/α,β-unsaturated/α-hetero) is 1. The summed E-state index contributed by atoms with van der Waals surface area (Å²) < 4.78 is 5.32. The van der Waals surface area contributed by atoms with Crippen LogP contribution in [0.5, 0.6) is 5.75 Å². The number of hydrogen-bond donors (Lipinski definition) is 0. The monoisotopic (exact) mass is 206 g/mol. The molecule has 0 atom stereocenters. The zero-order valence-corrected chi connectivity index (χ0v) is 9.83. The van der Waals surface area contributed by atoms with Gasteiger partial charge in [-0.1, -0.05) is 26.0 Å². The molecule has 0 saturated carbocycles. The second kappa shape index (κ2) is 4.96. The number of hydrogen-bond acceptors (Lipinski definition) is 2. The highest BCUT2D eigenvalue weighted by Crippen LogP contribution is 2.30. The Morgan fingerprint density at radius 3 is 2.53 bits per heavy atom. The third-order valence-corrected chi connectivity index (χ3v) is 2.39. The first-order chi connectivity index (χ1) is 7.06. The molecule has 2 heteroatoms. The van der Waals surface area contributed by atoms with Crippen LogP contribution in [0, 0.1) is 0 Å². The normalized spacial score (nSPS) is 10.5. The van der Waals surface area contributed by atoms with Gasteiger partial charge in [0.05, 0.1) is 7.11 Å². The van der Waals surface area contributed by atoms with E-state index in [2.05, 4.69) is 13.8 Å². The van der Waals surface area contributed by atoms with E-state index in [1.165, 1.54) is 0 Å². The molecule has 0 spiro atoms. The number of benzene rings is 1. The third kappa shape index (κ3) is 2.82. The summed E-state index contributed by atoms with van der Waals surface area (Å²) in [5.41, 5.74) is 2.23. The quantitative estimate of drug-likeness (QED) is 0.757. The van der Waals surface area contributed by atoms with Gasteiger partial charge in [0, 0.05) is 12.0 Å². The van der Waals surface area contributed by atoms with Crippen molar-refractivity contribution in [2.45, 2.75) is 33.1 Å². The molecule has 0 N–H and O–H groups in total. The third-order valence-electron chi connectivity index (χ3n) is 2.39. The van der Waals surface area contributed by atoms with Crippen molar-refractivity contribution in [3.8, 4) is 5.75 Å². The largest absolute Gasteiger partial charge is 0.496 e.